The third-order valence-electron chi connectivity index (χ3n) is 4.70. The Labute approximate surface area is 187 Å². The highest BCUT2D eigenvalue weighted by atomic mass is 32.1. The number of nitrogens with zero attached hydrogens (tertiary/aromatic N) is 4. The van der Waals surface area contributed by atoms with Gasteiger partial charge >= 0.3 is 5.97 Å². The highest BCUT2D eigenvalue weighted by molar-refractivity contribution is 7.12. The van der Waals surface area contributed by atoms with Crippen molar-refractivity contribution in [1.29, 1.82) is 0 Å². The Kier molecular flexibility index (Phi) is 6.13. The monoisotopic (exact) mass is 452 g/mol. The van der Waals surface area contributed by atoms with Crippen LogP contribution >= 0.6 is 11.3 Å². The number of benzene rings is 1. The fourth-order valence-electron chi connectivity index (χ4n) is 3.19. The Bertz CT molecular complexity index is 1240. The van der Waals surface area contributed by atoms with Crippen LogP contribution in [0.3, 0.4) is 0 Å². The summed E-state index contributed by atoms with van der Waals surface area (Å²) >= 11 is 1.48. The molecule has 0 atom stereocenters. The second-order valence-electron chi connectivity index (χ2n) is 6.98. The van der Waals surface area contributed by atoms with Crippen LogP contribution in [0.4, 0.5) is 0 Å². The average Bonchev–Trinajstić information content (AvgIpc) is 3.52. The molecular formula is C22H20N4O5S. The number of esters is 1. The molecule has 3 aromatic heterocycles. The van der Waals surface area contributed by atoms with Crippen molar-refractivity contribution in [2.75, 3.05) is 6.61 Å². The second-order valence-corrected chi connectivity index (χ2v) is 7.85. The minimum Gasteiger partial charge on any atom is -0.485 e. The third kappa shape index (κ3) is 4.59. The first-order chi connectivity index (χ1) is 15.4. The maximum Gasteiger partial charge on any atom is 0.338 e. The maximum atomic E-state index is 12.7. The molecule has 0 bridgehead atoms. The lowest BCUT2D eigenvalue weighted by Crippen LogP contribution is -2.15. The van der Waals surface area contributed by atoms with Crippen molar-refractivity contribution in [3.63, 3.8) is 0 Å². The Morgan fingerprint density at radius 2 is 1.94 bits per heavy atom. The molecule has 32 heavy (non-hydrogen) atoms. The molecule has 0 aliphatic heterocycles. The van der Waals surface area contributed by atoms with Crippen LogP contribution in [0.15, 0.2) is 46.4 Å². The molecule has 0 saturated heterocycles. The van der Waals surface area contributed by atoms with Crippen molar-refractivity contribution in [2.45, 2.75) is 27.4 Å². The molecule has 4 aromatic rings. The zero-order valence-corrected chi connectivity index (χ0v) is 18.5. The first-order valence-corrected chi connectivity index (χ1v) is 10.6. The normalized spacial score (nSPS) is 10.8. The molecule has 3 heterocycles. The molecule has 0 spiro atoms. The Hall–Kier alpha value is -3.79. The van der Waals surface area contributed by atoms with E-state index < -0.39 is 5.97 Å². The summed E-state index contributed by atoms with van der Waals surface area (Å²) in [5, 5.41) is 6.41. The van der Waals surface area contributed by atoms with Crippen molar-refractivity contribution < 1.29 is 23.6 Å². The first kappa shape index (κ1) is 21.4. The summed E-state index contributed by atoms with van der Waals surface area (Å²) in [4.78, 5) is 33.4. The number of carbonyl (C=O) groups is 2. The summed E-state index contributed by atoms with van der Waals surface area (Å²) < 4.78 is 17.6. The Balaban J connectivity index is 1.34. The zero-order chi connectivity index (χ0) is 22.7. The van der Waals surface area contributed by atoms with E-state index in [1.807, 2.05) is 23.8 Å². The van der Waals surface area contributed by atoms with Crippen LogP contribution in [0.5, 0.6) is 5.75 Å². The van der Waals surface area contributed by atoms with Crippen molar-refractivity contribution >= 4 is 23.1 Å². The summed E-state index contributed by atoms with van der Waals surface area (Å²) in [5.74, 6) is 0.562. The summed E-state index contributed by atoms with van der Waals surface area (Å²) in [6.45, 7) is 5.24. The highest BCUT2D eigenvalue weighted by Gasteiger charge is 2.19. The lowest BCUT2D eigenvalue weighted by Gasteiger charge is -2.07. The van der Waals surface area contributed by atoms with Crippen LogP contribution in [0, 0.1) is 20.8 Å². The molecule has 0 saturated carbocycles. The van der Waals surface area contributed by atoms with E-state index in [1.165, 1.54) is 11.3 Å². The van der Waals surface area contributed by atoms with Crippen LogP contribution in [0.1, 0.15) is 43.8 Å². The molecule has 0 radical (unpaired) electrons. The van der Waals surface area contributed by atoms with Crippen LogP contribution in [-0.4, -0.2) is 38.1 Å². The number of rotatable bonds is 8. The molecular weight excluding hydrogens is 432 g/mol. The van der Waals surface area contributed by atoms with Gasteiger partial charge < -0.3 is 14.0 Å². The predicted octanol–water partition coefficient (Wildman–Crippen LogP) is 3.86. The van der Waals surface area contributed by atoms with Gasteiger partial charge in [-0.05, 0) is 44.2 Å². The second kappa shape index (κ2) is 9.15. The average molecular weight is 452 g/mol. The number of thiazole rings is 1. The number of ether oxygens (including phenoxy) is 2. The predicted molar refractivity (Wildman–Crippen MR) is 115 cm³/mol. The van der Waals surface area contributed by atoms with Gasteiger partial charge in [0, 0.05) is 35.5 Å². The summed E-state index contributed by atoms with van der Waals surface area (Å²) in [7, 11) is 0. The molecule has 9 nitrogen and oxygen atoms in total. The van der Waals surface area contributed by atoms with Crippen LogP contribution in [-0.2, 0) is 11.3 Å². The largest absolute Gasteiger partial charge is 0.485 e. The van der Waals surface area contributed by atoms with Gasteiger partial charge in [0.1, 0.15) is 5.75 Å². The minimum atomic E-state index is -0.590. The van der Waals surface area contributed by atoms with E-state index in [2.05, 4.69) is 15.1 Å². The molecule has 0 amide bonds. The molecule has 0 aliphatic rings. The Morgan fingerprint density at radius 1 is 1.16 bits per heavy atom. The standard InChI is InChI=1S/C22H20N4O5S/c1-13-10-18(14(2)26(13)22-23-8-9-32-22)19(27)11-30-21(28)16-4-6-17(7-5-16)29-12-20-24-15(3)31-25-20/h4-10H,11-12H2,1-3H3. The summed E-state index contributed by atoms with van der Waals surface area (Å²) in [5.41, 5.74) is 2.47. The number of carbonyl (C=O) groups excluding carboxylic acids is 2. The van der Waals surface area contributed by atoms with Gasteiger partial charge in [-0.2, -0.15) is 4.98 Å². The topological polar surface area (TPSA) is 109 Å². The molecule has 4 rings (SSSR count). The molecule has 0 aliphatic carbocycles. The van der Waals surface area contributed by atoms with Gasteiger partial charge in [0.15, 0.2) is 18.3 Å². The molecule has 1 aromatic carbocycles. The van der Waals surface area contributed by atoms with Gasteiger partial charge in [-0.1, -0.05) is 5.16 Å². The van der Waals surface area contributed by atoms with Crippen molar-refractivity contribution in [3.05, 3.63) is 76.1 Å². The number of hydrogen-bond donors (Lipinski definition) is 0. The lowest BCUT2D eigenvalue weighted by atomic mass is 10.1. The number of aromatic nitrogens is 4. The van der Waals surface area contributed by atoms with E-state index in [4.69, 9.17) is 14.0 Å². The van der Waals surface area contributed by atoms with Crippen molar-refractivity contribution in [3.8, 4) is 10.9 Å². The zero-order valence-electron chi connectivity index (χ0n) is 17.7. The van der Waals surface area contributed by atoms with E-state index in [-0.39, 0.29) is 19.0 Å². The number of hydrogen-bond acceptors (Lipinski definition) is 9. The van der Waals surface area contributed by atoms with Gasteiger partial charge in [0.2, 0.25) is 17.5 Å². The van der Waals surface area contributed by atoms with E-state index in [9.17, 15) is 9.59 Å². The quantitative estimate of drug-likeness (QED) is 0.293. The molecule has 0 fully saturated rings. The summed E-state index contributed by atoms with van der Waals surface area (Å²) in [6.07, 6.45) is 1.71. The minimum absolute atomic E-state index is 0.148. The summed E-state index contributed by atoms with van der Waals surface area (Å²) in [6, 6.07) is 8.18. The molecule has 0 N–H and O–H groups in total. The molecule has 0 unspecified atom stereocenters. The number of aryl methyl sites for hydroxylation is 2. The van der Waals surface area contributed by atoms with E-state index >= 15 is 0 Å². The molecule has 164 valence electrons. The van der Waals surface area contributed by atoms with E-state index in [1.54, 1.807) is 43.5 Å². The lowest BCUT2D eigenvalue weighted by molar-refractivity contribution is 0.0474. The van der Waals surface area contributed by atoms with Gasteiger partial charge in [-0.25, -0.2) is 9.78 Å². The van der Waals surface area contributed by atoms with Crippen LogP contribution in [0.2, 0.25) is 0 Å². The van der Waals surface area contributed by atoms with Crippen LogP contribution < -0.4 is 4.74 Å². The Morgan fingerprint density at radius 3 is 2.59 bits per heavy atom. The van der Waals surface area contributed by atoms with Crippen molar-refractivity contribution in [2.24, 2.45) is 0 Å². The SMILES string of the molecule is Cc1nc(COc2ccc(C(=O)OCC(=O)c3cc(C)n(-c4nccs4)c3C)cc2)no1. The van der Waals surface area contributed by atoms with Gasteiger partial charge in [-0.15, -0.1) is 11.3 Å². The fraction of sp³-hybridized carbons (Fsp3) is 0.227. The third-order valence-corrected chi connectivity index (χ3v) is 5.46. The smallest absolute Gasteiger partial charge is 0.338 e. The van der Waals surface area contributed by atoms with Crippen molar-refractivity contribution in [1.82, 2.24) is 19.7 Å². The number of ketones is 1. The van der Waals surface area contributed by atoms with Gasteiger partial charge in [0.05, 0.1) is 5.56 Å². The maximum absolute atomic E-state index is 12.7. The van der Waals surface area contributed by atoms with Crippen LogP contribution in [0.25, 0.3) is 5.13 Å². The van der Waals surface area contributed by atoms with Gasteiger partial charge in [-0.3, -0.25) is 9.36 Å². The fourth-order valence-corrected chi connectivity index (χ4v) is 3.94. The van der Waals surface area contributed by atoms with E-state index in [0.717, 1.165) is 16.5 Å². The van der Waals surface area contributed by atoms with Gasteiger partial charge in [0.25, 0.3) is 0 Å². The van der Waals surface area contributed by atoms with E-state index in [0.29, 0.717) is 28.6 Å². The molecule has 10 heteroatoms. The number of Topliss-reactive ketones (excluding diaryl/α,β-unsaturated/α-hetero) is 1. The first-order valence-electron chi connectivity index (χ1n) is 9.73. The highest BCUT2D eigenvalue weighted by Crippen LogP contribution is 2.23.